The van der Waals surface area contributed by atoms with Crippen LogP contribution in [0.2, 0.25) is 0 Å². The van der Waals surface area contributed by atoms with Crippen LogP contribution in [0.3, 0.4) is 0 Å². The van der Waals surface area contributed by atoms with Crippen LogP contribution in [0.1, 0.15) is 42.5 Å². The number of methoxy groups -OCH3 is 1. The highest BCUT2D eigenvalue weighted by atomic mass is 16.5. The molecule has 5 heteroatoms. The van der Waals surface area contributed by atoms with Crippen LogP contribution >= 0.6 is 0 Å². The van der Waals surface area contributed by atoms with Crippen molar-refractivity contribution in [3.8, 4) is 0 Å². The van der Waals surface area contributed by atoms with Crippen molar-refractivity contribution in [2.75, 3.05) is 12.4 Å². The summed E-state index contributed by atoms with van der Waals surface area (Å²) in [5, 5.41) is 5.42. The van der Waals surface area contributed by atoms with Crippen LogP contribution in [0.4, 0.5) is 10.5 Å². The minimum absolute atomic E-state index is 0.294. The first-order chi connectivity index (χ1) is 10.7. The quantitative estimate of drug-likeness (QED) is 0.834. The molecule has 1 aromatic rings. The van der Waals surface area contributed by atoms with Gasteiger partial charge in [-0.2, -0.15) is 0 Å². The molecule has 0 spiro atoms. The van der Waals surface area contributed by atoms with E-state index in [2.05, 4.69) is 21.4 Å². The summed E-state index contributed by atoms with van der Waals surface area (Å²) < 4.78 is 4.62. The van der Waals surface area contributed by atoms with Crippen molar-refractivity contribution in [3.05, 3.63) is 42.1 Å². The van der Waals surface area contributed by atoms with Crippen LogP contribution in [0, 0.1) is 5.92 Å². The Kier molecular flexibility index (Phi) is 6.01. The maximum Gasteiger partial charge on any atom is 0.337 e. The Morgan fingerprint density at radius 2 is 1.82 bits per heavy atom. The van der Waals surface area contributed by atoms with Gasteiger partial charge in [-0.1, -0.05) is 25.3 Å². The lowest BCUT2D eigenvalue weighted by Gasteiger charge is -2.17. The van der Waals surface area contributed by atoms with Crippen molar-refractivity contribution in [1.29, 1.82) is 0 Å². The third kappa shape index (κ3) is 4.91. The number of hydrogen-bond donors (Lipinski definition) is 2. The molecule has 1 aromatic carbocycles. The number of anilines is 1. The molecular weight excluding hydrogens is 280 g/mol. The molecule has 1 fully saturated rings. The largest absolute Gasteiger partial charge is 0.465 e. The molecule has 0 heterocycles. The highest BCUT2D eigenvalue weighted by Gasteiger charge is 2.10. The number of nitrogens with one attached hydrogen (secondary N) is 2. The number of rotatable bonds is 4. The Morgan fingerprint density at radius 1 is 1.14 bits per heavy atom. The molecule has 2 N–H and O–H groups in total. The van der Waals surface area contributed by atoms with E-state index >= 15 is 0 Å². The Bertz CT molecular complexity index is 531. The molecule has 0 radical (unpaired) electrons. The van der Waals surface area contributed by atoms with E-state index in [0.29, 0.717) is 17.2 Å². The van der Waals surface area contributed by atoms with Gasteiger partial charge in [-0.05, 0) is 43.0 Å². The van der Waals surface area contributed by atoms with Gasteiger partial charge in [0.2, 0.25) is 0 Å². The van der Waals surface area contributed by atoms with Gasteiger partial charge in [0, 0.05) is 11.9 Å². The third-order valence-electron chi connectivity index (χ3n) is 3.80. The van der Waals surface area contributed by atoms with Gasteiger partial charge >= 0.3 is 12.0 Å². The fraction of sp³-hybridized carbons (Fsp3) is 0.412. The van der Waals surface area contributed by atoms with Crippen LogP contribution in [0.15, 0.2) is 36.5 Å². The number of urea groups is 1. The fourth-order valence-electron chi connectivity index (χ4n) is 2.56. The minimum atomic E-state index is -0.397. The predicted molar refractivity (Wildman–Crippen MR) is 85.7 cm³/mol. The Morgan fingerprint density at radius 3 is 2.45 bits per heavy atom. The summed E-state index contributed by atoms with van der Waals surface area (Å²) in [6.45, 7) is 0. The second-order valence-corrected chi connectivity index (χ2v) is 5.42. The van der Waals surface area contributed by atoms with E-state index in [-0.39, 0.29) is 6.03 Å². The van der Waals surface area contributed by atoms with Crippen LogP contribution in [-0.4, -0.2) is 19.1 Å². The Labute approximate surface area is 130 Å². The average molecular weight is 302 g/mol. The fourth-order valence-corrected chi connectivity index (χ4v) is 2.56. The number of carbonyl (C=O) groups is 2. The summed E-state index contributed by atoms with van der Waals surface area (Å²) in [5.74, 6) is 0.180. The lowest BCUT2D eigenvalue weighted by atomic mass is 9.89. The van der Waals surface area contributed by atoms with E-state index in [0.717, 1.165) is 0 Å². The summed E-state index contributed by atoms with van der Waals surface area (Å²) in [4.78, 5) is 23.1. The standard InChI is InChI=1S/C17H22N2O3/c1-22-16(20)14-7-9-15(10-8-14)19-17(21)18-12-11-13-5-3-2-4-6-13/h7-13H,2-6H2,1H3,(H2,18,19,21)/b12-11+. The number of carbonyl (C=O) groups excluding carboxylic acids is 2. The first-order valence-corrected chi connectivity index (χ1v) is 7.61. The van der Waals surface area contributed by atoms with Crippen molar-refractivity contribution in [3.63, 3.8) is 0 Å². The average Bonchev–Trinajstić information content (AvgIpc) is 2.56. The van der Waals surface area contributed by atoms with Gasteiger partial charge in [0.15, 0.2) is 0 Å². The molecule has 0 unspecified atom stereocenters. The van der Waals surface area contributed by atoms with Gasteiger partial charge in [0.25, 0.3) is 0 Å². The molecule has 118 valence electrons. The molecule has 0 aliphatic heterocycles. The maximum atomic E-state index is 11.8. The number of hydrogen-bond acceptors (Lipinski definition) is 3. The molecule has 1 aliphatic rings. The van der Waals surface area contributed by atoms with Crippen molar-refractivity contribution < 1.29 is 14.3 Å². The van der Waals surface area contributed by atoms with Crippen molar-refractivity contribution in [1.82, 2.24) is 5.32 Å². The maximum absolute atomic E-state index is 11.8. The highest BCUT2D eigenvalue weighted by Crippen LogP contribution is 2.24. The third-order valence-corrected chi connectivity index (χ3v) is 3.80. The van der Waals surface area contributed by atoms with E-state index in [1.807, 2.05) is 0 Å². The van der Waals surface area contributed by atoms with E-state index < -0.39 is 5.97 Å². The number of amides is 2. The number of ether oxygens (including phenoxy) is 1. The van der Waals surface area contributed by atoms with Gasteiger partial charge in [-0.3, -0.25) is 0 Å². The SMILES string of the molecule is COC(=O)c1ccc(NC(=O)N/C=C/C2CCCCC2)cc1. The molecular formula is C17H22N2O3. The first kappa shape index (κ1) is 16.1. The Hall–Kier alpha value is -2.30. The first-order valence-electron chi connectivity index (χ1n) is 7.61. The van der Waals surface area contributed by atoms with Gasteiger partial charge in [-0.15, -0.1) is 0 Å². The molecule has 0 saturated heterocycles. The van der Waals surface area contributed by atoms with Crippen LogP contribution in [0.25, 0.3) is 0 Å². The highest BCUT2D eigenvalue weighted by molar-refractivity contribution is 5.92. The number of benzene rings is 1. The van der Waals surface area contributed by atoms with Gasteiger partial charge in [-0.25, -0.2) is 9.59 Å². The topological polar surface area (TPSA) is 67.4 Å². The van der Waals surface area contributed by atoms with Crippen molar-refractivity contribution >= 4 is 17.7 Å². The van der Waals surface area contributed by atoms with E-state index in [4.69, 9.17) is 0 Å². The summed E-state index contributed by atoms with van der Waals surface area (Å²) in [5.41, 5.74) is 1.07. The lowest BCUT2D eigenvalue weighted by molar-refractivity contribution is 0.0601. The normalized spacial score (nSPS) is 15.5. The molecule has 2 rings (SSSR count). The van der Waals surface area contributed by atoms with Crippen LogP contribution in [-0.2, 0) is 4.74 Å². The zero-order valence-corrected chi connectivity index (χ0v) is 12.8. The van der Waals surface area contributed by atoms with Crippen LogP contribution < -0.4 is 10.6 Å². The number of esters is 1. The second-order valence-electron chi connectivity index (χ2n) is 5.42. The second kappa shape index (κ2) is 8.22. The predicted octanol–water partition coefficient (Wildman–Crippen LogP) is 3.69. The smallest absolute Gasteiger partial charge is 0.337 e. The minimum Gasteiger partial charge on any atom is -0.465 e. The molecule has 5 nitrogen and oxygen atoms in total. The Balaban J connectivity index is 1.78. The van der Waals surface area contributed by atoms with Crippen molar-refractivity contribution in [2.24, 2.45) is 5.92 Å². The van der Waals surface area contributed by atoms with Gasteiger partial charge in [0.05, 0.1) is 12.7 Å². The zero-order chi connectivity index (χ0) is 15.8. The molecule has 1 saturated carbocycles. The zero-order valence-electron chi connectivity index (χ0n) is 12.8. The molecule has 0 atom stereocenters. The summed E-state index contributed by atoms with van der Waals surface area (Å²) in [6, 6.07) is 6.25. The number of allylic oxidation sites excluding steroid dienone is 1. The van der Waals surface area contributed by atoms with E-state index in [1.54, 1.807) is 30.5 Å². The lowest BCUT2D eigenvalue weighted by Crippen LogP contribution is -2.24. The van der Waals surface area contributed by atoms with Gasteiger partial charge in [0.1, 0.15) is 0 Å². The summed E-state index contributed by atoms with van der Waals surface area (Å²) in [6.07, 6.45) is 10.1. The molecule has 2 amide bonds. The van der Waals surface area contributed by atoms with Crippen molar-refractivity contribution in [2.45, 2.75) is 32.1 Å². The van der Waals surface area contributed by atoms with E-state index in [9.17, 15) is 9.59 Å². The molecule has 1 aliphatic carbocycles. The summed E-state index contributed by atoms with van der Waals surface area (Å²) in [7, 11) is 1.33. The summed E-state index contributed by atoms with van der Waals surface area (Å²) >= 11 is 0. The monoisotopic (exact) mass is 302 g/mol. The molecule has 0 aromatic heterocycles. The molecule has 22 heavy (non-hydrogen) atoms. The molecule has 0 bridgehead atoms. The van der Waals surface area contributed by atoms with E-state index in [1.165, 1.54) is 39.2 Å². The van der Waals surface area contributed by atoms with Gasteiger partial charge < -0.3 is 15.4 Å². The van der Waals surface area contributed by atoms with Crippen LogP contribution in [0.5, 0.6) is 0 Å².